The first-order chi connectivity index (χ1) is 12.4. The molecule has 0 spiro atoms. The van der Waals surface area contributed by atoms with Gasteiger partial charge in [-0.25, -0.2) is 0 Å². The largest absolute Gasteiger partial charge is 0.507 e. The first kappa shape index (κ1) is 20.3. The maximum Gasteiger partial charge on any atom is 0.406 e. The molecule has 142 valence electrons. The van der Waals surface area contributed by atoms with Crippen LogP contribution in [0.4, 0.5) is 13.2 Å². The number of Topliss-reactive ketones (excluding diaryl/α,β-unsaturated/α-hetero) is 1. The number of aromatic nitrogens is 1. The number of halogens is 3. The number of phenols is 1. The van der Waals surface area contributed by atoms with Crippen molar-refractivity contribution in [2.45, 2.75) is 40.4 Å². The van der Waals surface area contributed by atoms with E-state index in [1.165, 1.54) is 26.0 Å². The Morgan fingerprint density at radius 2 is 1.74 bits per heavy atom. The third-order valence-corrected chi connectivity index (χ3v) is 4.35. The minimum Gasteiger partial charge on any atom is -0.507 e. The Hall–Kier alpha value is -3.01. The van der Waals surface area contributed by atoms with E-state index in [9.17, 15) is 28.3 Å². The molecule has 0 unspecified atom stereocenters. The predicted octanol–water partition coefficient (Wildman–Crippen LogP) is 4.78. The van der Waals surface area contributed by atoms with Crippen LogP contribution in [0.1, 0.15) is 38.4 Å². The number of phenolic OH excluding ortho intramolecular Hbond substituents is 1. The van der Waals surface area contributed by atoms with E-state index in [-0.39, 0.29) is 22.6 Å². The summed E-state index contributed by atoms with van der Waals surface area (Å²) in [5, 5.41) is 19.2. The number of carbonyl (C=O) groups excluding carboxylic acids is 1. The lowest BCUT2D eigenvalue weighted by Gasteiger charge is -2.12. The molecule has 0 aliphatic heterocycles. The highest BCUT2D eigenvalue weighted by Crippen LogP contribution is 2.27. The quantitative estimate of drug-likeness (QED) is 0.474. The molecule has 1 aromatic heterocycles. The molecule has 0 saturated carbocycles. The van der Waals surface area contributed by atoms with Crippen LogP contribution in [0.2, 0.25) is 0 Å². The van der Waals surface area contributed by atoms with E-state index in [0.29, 0.717) is 22.4 Å². The van der Waals surface area contributed by atoms with Gasteiger partial charge in [0, 0.05) is 17.0 Å². The Bertz CT molecular complexity index is 953. The molecule has 2 rings (SSSR count). The molecule has 0 amide bonds. The number of benzene rings is 1. The molecule has 0 saturated heterocycles. The lowest BCUT2D eigenvalue weighted by Crippen LogP contribution is -2.19. The monoisotopic (exact) mass is 376 g/mol. The van der Waals surface area contributed by atoms with Gasteiger partial charge in [-0.3, -0.25) is 4.79 Å². The lowest BCUT2D eigenvalue weighted by atomic mass is 9.99. The van der Waals surface area contributed by atoms with Crippen LogP contribution in [-0.2, 0) is 6.54 Å². The van der Waals surface area contributed by atoms with Crippen LogP contribution in [0, 0.1) is 39.0 Å². The molecule has 2 aromatic rings. The normalized spacial score (nSPS) is 12.1. The van der Waals surface area contributed by atoms with Crippen molar-refractivity contribution >= 4 is 11.9 Å². The molecule has 1 aromatic carbocycles. The third kappa shape index (κ3) is 4.40. The first-order valence-corrected chi connectivity index (χ1v) is 8.14. The van der Waals surface area contributed by atoms with Gasteiger partial charge in [0.05, 0.1) is 0 Å². The number of ketones is 1. The maximum atomic E-state index is 12.7. The zero-order valence-corrected chi connectivity index (χ0v) is 15.4. The summed E-state index contributed by atoms with van der Waals surface area (Å²) >= 11 is 0. The zero-order chi connectivity index (χ0) is 20.5. The highest BCUT2D eigenvalue weighted by Gasteiger charge is 2.30. The van der Waals surface area contributed by atoms with Gasteiger partial charge in [-0.05, 0) is 68.7 Å². The van der Waals surface area contributed by atoms with E-state index in [2.05, 4.69) is 0 Å². The number of nitriles is 1. The molecule has 0 radical (unpaired) electrons. The molecule has 0 atom stereocenters. The van der Waals surface area contributed by atoms with Crippen molar-refractivity contribution in [1.82, 2.24) is 4.57 Å². The Morgan fingerprint density at radius 3 is 2.22 bits per heavy atom. The smallest absolute Gasteiger partial charge is 0.406 e. The number of alkyl halides is 3. The average molecular weight is 376 g/mol. The van der Waals surface area contributed by atoms with Gasteiger partial charge >= 0.3 is 6.18 Å². The maximum absolute atomic E-state index is 12.7. The molecule has 0 fully saturated rings. The molecular formula is C20H19F3N2O2. The van der Waals surface area contributed by atoms with Crippen LogP contribution in [0.15, 0.2) is 23.8 Å². The second-order valence-corrected chi connectivity index (χ2v) is 6.49. The summed E-state index contributed by atoms with van der Waals surface area (Å²) in [4.78, 5) is 12.7. The summed E-state index contributed by atoms with van der Waals surface area (Å²) in [5.74, 6) is -0.505. The van der Waals surface area contributed by atoms with E-state index in [1.54, 1.807) is 26.0 Å². The molecule has 7 heteroatoms. The van der Waals surface area contributed by atoms with Gasteiger partial charge in [0.1, 0.15) is 23.9 Å². The van der Waals surface area contributed by atoms with Crippen LogP contribution in [0.5, 0.6) is 5.75 Å². The van der Waals surface area contributed by atoms with E-state index in [0.717, 1.165) is 4.57 Å². The van der Waals surface area contributed by atoms with E-state index < -0.39 is 18.5 Å². The first-order valence-electron chi connectivity index (χ1n) is 8.14. The Labute approximate surface area is 155 Å². The van der Waals surface area contributed by atoms with E-state index in [1.807, 2.05) is 6.07 Å². The van der Waals surface area contributed by atoms with Crippen molar-refractivity contribution in [3.8, 4) is 11.8 Å². The molecule has 1 heterocycles. The van der Waals surface area contributed by atoms with Crippen molar-refractivity contribution in [2.24, 2.45) is 0 Å². The van der Waals surface area contributed by atoms with Gasteiger partial charge in [0.2, 0.25) is 5.78 Å². The molecule has 4 nitrogen and oxygen atoms in total. The Balaban J connectivity index is 2.47. The van der Waals surface area contributed by atoms with Crippen LogP contribution in [-0.4, -0.2) is 21.6 Å². The lowest BCUT2D eigenvalue weighted by molar-refractivity contribution is -0.141. The van der Waals surface area contributed by atoms with Crippen molar-refractivity contribution < 1.29 is 23.1 Å². The van der Waals surface area contributed by atoms with Gasteiger partial charge in [-0.1, -0.05) is 0 Å². The molecular weight excluding hydrogens is 357 g/mol. The molecule has 0 aliphatic carbocycles. The Kier molecular flexibility index (Phi) is 5.50. The van der Waals surface area contributed by atoms with Crippen LogP contribution in [0.3, 0.4) is 0 Å². The molecule has 27 heavy (non-hydrogen) atoms. The van der Waals surface area contributed by atoms with Crippen LogP contribution in [0.25, 0.3) is 6.08 Å². The minimum absolute atomic E-state index is 0.0665. The number of hydrogen-bond acceptors (Lipinski definition) is 3. The summed E-state index contributed by atoms with van der Waals surface area (Å²) in [6, 6.07) is 6.44. The SMILES string of the molecule is Cc1cc(/C=C(\C#N)C(=O)c2cc(C)n(CC(F)(F)F)c2C)cc(C)c1O. The standard InChI is InChI=1S/C20H19F3N2O2/c1-11-5-15(6-12(2)18(11)26)8-16(9-24)19(27)17-7-13(3)25(14(17)4)10-20(21,22)23/h5-8,26H,10H2,1-4H3/b16-8+. The van der Waals surface area contributed by atoms with Crippen molar-refractivity contribution in [3.05, 3.63) is 57.4 Å². The average Bonchev–Trinajstić information content (AvgIpc) is 2.83. The van der Waals surface area contributed by atoms with Gasteiger partial charge in [0.15, 0.2) is 0 Å². The predicted molar refractivity (Wildman–Crippen MR) is 95.5 cm³/mol. The fourth-order valence-corrected chi connectivity index (χ4v) is 2.99. The third-order valence-electron chi connectivity index (χ3n) is 4.35. The fraction of sp³-hybridized carbons (Fsp3) is 0.300. The summed E-state index contributed by atoms with van der Waals surface area (Å²) in [5.41, 5.74) is 2.07. The zero-order valence-electron chi connectivity index (χ0n) is 15.4. The highest BCUT2D eigenvalue weighted by atomic mass is 19.4. The summed E-state index contributed by atoms with van der Waals surface area (Å²) in [6.45, 7) is 5.10. The Morgan fingerprint density at radius 1 is 1.19 bits per heavy atom. The molecule has 1 N–H and O–H groups in total. The summed E-state index contributed by atoms with van der Waals surface area (Å²) in [7, 11) is 0. The number of carbonyl (C=O) groups is 1. The topological polar surface area (TPSA) is 66.0 Å². The second kappa shape index (κ2) is 7.31. The molecule has 0 aliphatic rings. The van der Waals surface area contributed by atoms with E-state index in [4.69, 9.17) is 0 Å². The van der Waals surface area contributed by atoms with Crippen molar-refractivity contribution in [2.75, 3.05) is 0 Å². The highest BCUT2D eigenvalue weighted by molar-refractivity contribution is 6.14. The molecule has 0 bridgehead atoms. The van der Waals surface area contributed by atoms with Gasteiger partial charge in [0.25, 0.3) is 0 Å². The number of hydrogen-bond donors (Lipinski definition) is 1. The van der Waals surface area contributed by atoms with Gasteiger partial charge in [-0.15, -0.1) is 0 Å². The fourth-order valence-electron chi connectivity index (χ4n) is 2.99. The summed E-state index contributed by atoms with van der Waals surface area (Å²) < 4.78 is 39.2. The van der Waals surface area contributed by atoms with Gasteiger partial charge in [-0.2, -0.15) is 18.4 Å². The minimum atomic E-state index is -4.41. The second-order valence-electron chi connectivity index (χ2n) is 6.49. The van der Waals surface area contributed by atoms with Crippen molar-refractivity contribution in [1.29, 1.82) is 5.26 Å². The van der Waals surface area contributed by atoms with Gasteiger partial charge < -0.3 is 9.67 Å². The van der Waals surface area contributed by atoms with Crippen LogP contribution >= 0.6 is 0 Å². The number of nitrogens with zero attached hydrogens (tertiary/aromatic N) is 2. The van der Waals surface area contributed by atoms with Crippen LogP contribution < -0.4 is 0 Å². The number of allylic oxidation sites excluding steroid dienone is 1. The van der Waals surface area contributed by atoms with Crippen molar-refractivity contribution in [3.63, 3.8) is 0 Å². The van der Waals surface area contributed by atoms with E-state index >= 15 is 0 Å². The summed E-state index contributed by atoms with van der Waals surface area (Å²) in [6.07, 6.45) is -3.04. The number of aromatic hydroxyl groups is 1. The number of aryl methyl sites for hydroxylation is 3. The number of rotatable bonds is 4.